The zero-order valence-electron chi connectivity index (χ0n) is 17.7. The van der Waals surface area contributed by atoms with E-state index in [0.717, 1.165) is 5.56 Å². The van der Waals surface area contributed by atoms with E-state index in [1.54, 1.807) is 26.0 Å². The molecule has 31 heavy (non-hydrogen) atoms. The highest BCUT2D eigenvalue weighted by Gasteiger charge is 2.18. The van der Waals surface area contributed by atoms with Crippen molar-refractivity contribution in [3.8, 4) is 5.75 Å². The first-order valence-corrected chi connectivity index (χ1v) is 11.4. The van der Waals surface area contributed by atoms with E-state index in [1.165, 1.54) is 31.4 Å². The molecule has 1 unspecified atom stereocenters. The van der Waals surface area contributed by atoms with Gasteiger partial charge < -0.3 is 14.8 Å². The number of ether oxygens (including phenoxy) is 2. The average Bonchev–Trinajstić information content (AvgIpc) is 2.74. The van der Waals surface area contributed by atoms with Gasteiger partial charge in [0.25, 0.3) is 5.91 Å². The zero-order valence-corrected chi connectivity index (χ0v) is 19.3. The minimum absolute atomic E-state index is 0.0345. The maximum atomic E-state index is 12.3. The van der Waals surface area contributed by atoms with Crippen LogP contribution in [0.25, 0.3) is 0 Å². The highest BCUT2D eigenvalue weighted by atomic mass is 35.5. The second-order valence-corrected chi connectivity index (χ2v) is 9.00. The Morgan fingerprint density at radius 1 is 1.16 bits per heavy atom. The van der Waals surface area contributed by atoms with Crippen LogP contribution >= 0.6 is 11.6 Å². The predicted molar refractivity (Wildman–Crippen MR) is 118 cm³/mol. The van der Waals surface area contributed by atoms with Gasteiger partial charge in [-0.3, -0.25) is 4.79 Å². The SMILES string of the molecule is CCC(C)NS(=O)(=O)c1ccc(C(=O)OCC(=O)Nc2cc(C)c(Cl)cc2OC)cc1. The lowest BCUT2D eigenvalue weighted by atomic mass is 10.2. The number of nitrogens with one attached hydrogen (secondary N) is 2. The monoisotopic (exact) mass is 468 g/mol. The summed E-state index contributed by atoms with van der Waals surface area (Å²) >= 11 is 6.04. The van der Waals surface area contributed by atoms with E-state index in [9.17, 15) is 18.0 Å². The molecule has 0 saturated carbocycles. The first kappa shape index (κ1) is 24.6. The van der Waals surface area contributed by atoms with Crippen LogP contribution < -0.4 is 14.8 Å². The number of benzene rings is 2. The molecule has 2 rings (SSSR count). The van der Waals surface area contributed by atoms with Crippen molar-refractivity contribution in [3.05, 3.63) is 52.5 Å². The van der Waals surface area contributed by atoms with Gasteiger partial charge in [-0.1, -0.05) is 18.5 Å². The van der Waals surface area contributed by atoms with Crippen molar-refractivity contribution in [2.45, 2.75) is 38.1 Å². The van der Waals surface area contributed by atoms with Crippen molar-refractivity contribution < 1.29 is 27.5 Å². The van der Waals surface area contributed by atoms with Gasteiger partial charge in [0.05, 0.1) is 23.3 Å². The molecule has 0 heterocycles. The first-order valence-electron chi connectivity index (χ1n) is 9.50. The molecule has 0 radical (unpaired) electrons. The Labute approximate surface area is 186 Å². The number of rotatable bonds is 9. The number of methoxy groups -OCH3 is 1. The number of carbonyl (C=O) groups is 2. The smallest absolute Gasteiger partial charge is 0.338 e. The number of sulfonamides is 1. The van der Waals surface area contributed by atoms with Gasteiger partial charge in [-0.05, 0) is 56.2 Å². The standard InChI is InChI=1S/C21H25ClN2O6S/c1-5-14(3)24-31(27,28)16-8-6-15(7-9-16)21(26)30-12-20(25)23-18-10-13(2)17(22)11-19(18)29-4/h6-11,14,24H,5,12H2,1-4H3,(H,23,25). The van der Waals surface area contributed by atoms with Crippen molar-refractivity contribution in [2.75, 3.05) is 19.0 Å². The molecule has 168 valence electrons. The molecular formula is C21H25ClN2O6S. The first-order chi connectivity index (χ1) is 14.6. The molecule has 1 amide bonds. The molecule has 1 atom stereocenters. The third kappa shape index (κ3) is 6.68. The summed E-state index contributed by atoms with van der Waals surface area (Å²) in [7, 11) is -2.23. The van der Waals surface area contributed by atoms with E-state index in [1.807, 2.05) is 6.92 Å². The summed E-state index contributed by atoms with van der Waals surface area (Å²) in [5, 5.41) is 3.09. The maximum absolute atomic E-state index is 12.3. The van der Waals surface area contributed by atoms with E-state index >= 15 is 0 Å². The molecule has 0 saturated heterocycles. The minimum atomic E-state index is -3.68. The molecular weight excluding hydrogens is 444 g/mol. The van der Waals surface area contributed by atoms with Crippen LogP contribution in [0.5, 0.6) is 5.75 Å². The fraction of sp³-hybridized carbons (Fsp3) is 0.333. The van der Waals surface area contributed by atoms with Crippen molar-refractivity contribution in [1.82, 2.24) is 4.72 Å². The maximum Gasteiger partial charge on any atom is 0.338 e. The Balaban J connectivity index is 1.98. The summed E-state index contributed by atoms with van der Waals surface area (Å²) in [4.78, 5) is 24.4. The Morgan fingerprint density at radius 2 is 1.81 bits per heavy atom. The van der Waals surface area contributed by atoms with Crippen LogP contribution in [0.4, 0.5) is 5.69 Å². The molecule has 0 bridgehead atoms. The van der Waals surface area contributed by atoms with Gasteiger partial charge in [-0.2, -0.15) is 0 Å². The molecule has 0 aliphatic rings. The third-order valence-corrected chi connectivity index (χ3v) is 6.47. The number of anilines is 1. The van der Waals surface area contributed by atoms with Crippen LogP contribution in [0.15, 0.2) is 41.3 Å². The van der Waals surface area contributed by atoms with Crippen LogP contribution in [0.2, 0.25) is 5.02 Å². The Hall–Kier alpha value is -2.62. The van der Waals surface area contributed by atoms with Crippen molar-refractivity contribution in [1.29, 1.82) is 0 Å². The van der Waals surface area contributed by atoms with Crippen LogP contribution in [0, 0.1) is 6.92 Å². The molecule has 8 nitrogen and oxygen atoms in total. The van der Waals surface area contributed by atoms with E-state index in [0.29, 0.717) is 22.9 Å². The van der Waals surface area contributed by atoms with Gasteiger partial charge in [-0.15, -0.1) is 0 Å². The summed E-state index contributed by atoms with van der Waals surface area (Å²) in [6.45, 7) is 4.88. The van der Waals surface area contributed by atoms with Crippen LogP contribution in [-0.4, -0.2) is 40.1 Å². The second-order valence-electron chi connectivity index (χ2n) is 6.88. The molecule has 10 heteroatoms. The molecule has 0 aliphatic heterocycles. The number of hydrogen-bond donors (Lipinski definition) is 2. The largest absolute Gasteiger partial charge is 0.495 e. The fourth-order valence-electron chi connectivity index (χ4n) is 2.52. The average molecular weight is 469 g/mol. The lowest BCUT2D eigenvalue weighted by Gasteiger charge is -2.13. The summed E-state index contributed by atoms with van der Waals surface area (Å²) in [6.07, 6.45) is 0.646. The summed E-state index contributed by atoms with van der Waals surface area (Å²) in [5.41, 5.74) is 1.26. The molecule has 2 N–H and O–H groups in total. The van der Waals surface area contributed by atoms with Gasteiger partial charge in [-0.25, -0.2) is 17.9 Å². The van der Waals surface area contributed by atoms with Crippen LogP contribution in [0.3, 0.4) is 0 Å². The van der Waals surface area contributed by atoms with Crippen molar-refractivity contribution >= 4 is 39.2 Å². The normalized spacial score (nSPS) is 12.2. The lowest BCUT2D eigenvalue weighted by molar-refractivity contribution is -0.119. The van der Waals surface area contributed by atoms with E-state index < -0.39 is 28.5 Å². The second kappa shape index (κ2) is 10.6. The Bertz CT molecular complexity index is 1050. The number of hydrogen-bond acceptors (Lipinski definition) is 6. The highest BCUT2D eigenvalue weighted by Crippen LogP contribution is 2.30. The van der Waals surface area contributed by atoms with Gasteiger partial charge >= 0.3 is 5.97 Å². The van der Waals surface area contributed by atoms with Gasteiger partial charge in [0, 0.05) is 17.1 Å². The van der Waals surface area contributed by atoms with E-state index in [2.05, 4.69) is 10.0 Å². The minimum Gasteiger partial charge on any atom is -0.495 e. The van der Waals surface area contributed by atoms with Crippen LogP contribution in [-0.2, 0) is 19.6 Å². The molecule has 0 aliphatic carbocycles. The van der Waals surface area contributed by atoms with Gasteiger partial charge in [0.2, 0.25) is 10.0 Å². The van der Waals surface area contributed by atoms with E-state index in [4.69, 9.17) is 21.1 Å². The van der Waals surface area contributed by atoms with Crippen molar-refractivity contribution in [2.24, 2.45) is 0 Å². The quantitative estimate of drug-likeness (QED) is 0.544. The Morgan fingerprint density at radius 3 is 2.39 bits per heavy atom. The predicted octanol–water partition coefficient (Wildman–Crippen LogP) is 3.53. The van der Waals surface area contributed by atoms with Gasteiger partial charge in [0.15, 0.2) is 6.61 Å². The number of aryl methyl sites for hydroxylation is 1. The number of carbonyl (C=O) groups excluding carboxylic acids is 2. The lowest BCUT2D eigenvalue weighted by Crippen LogP contribution is -2.32. The summed E-state index contributed by atoms with van der Waals surface area (Å²) < 4.78 is 37.3. The highest BCUT2D eigenvalue weighted by molar-refractivity contribution is 7.89. The van der Waals surface area contributed by atoms with Gasteiger partial charge in [0.1, 0.15) is 5.75 Å². The number of esters is 1. The topological polar surface area (TPSA) is 111 Å². The molecule has 0 fully saturated rings. The molecule has 0 spiro atoms. The van der Waals surface area contributed by atoms with Crippen molar-refractivity contribution in [3.63, 3.8) is 0 Å². The fourth-order valence-corrected chi connectivity index (χ4v) is 4.00. The van der Waals surface area contributed by atoms with Crippen LogP contribution in [0.1, 0.15) is 36.2 Å². The molecule has 2 aromatic rings. The summed E-state index contributed by atoms with van der Waals surface area (Å²) in [5.74, 6) is -0.948. The number of amides is 1. The Kier molecular flexibility index (Phi) is 8.43. The summed E-state index contributed by atoms with van der Waals surface area (Å²) in [6, 6.07) is 8.29. The van der Waals surface area contributed by atoms with E-state index in [-0.39, 0.29) is 16.5 Å². The molecule has 2 aromatic carbocycles. The zero-order chi connectivity index (χ0) is 23.2. The third-order valence-electron chi connectivity index (χ3n) is 4.46. The number of halogens is 1. The molecule has 0 aromatic heterocycles.